The summed E-state index contributed by atoms with van der Waals surface area (Å²) in [6.07, 6.45) is 1.04. The Morgan fingerprint density at radius 1 is 0.500 bits per heavy atom. The van der Waals surface area contributed by atoms with Crippen LogP contribution in [0.2, 0.25) is 0 Å². The first-order valence-corrected chi connectivity index (χ1v) is 7.07. The Hall–Kier alpha value is -2.28. The van der Waals surface area contributed by atoms with Gasteiger partial charge in [0.15, 0.2) is 0 Å². The molecule has 3 aromatic rings. The number of benzene rings is 3. The molecule has 0 aliphatic heterocycles. The van der Waals surface area contributed by atoms with E-state index in [1.165, 1.54) is 16.5 Å². The predicted octanol–water partition coefficient (Wildman–Crippen LogP) is 3.08. The molecule has 3 rings (SSSR count). The van der Waals surface area contributed by atoms with Crippen molar-refractivity contribution in [2.24, 2.45) is 0 Å². The van der Waals surface area contributed by atoms with Crippen LogP contribution >= 0.6 is 0 Å². The minimum atomic E-state index is 0.416. The molecule has 0 saturated heterocycles. The molecule has 0 saturated carbocycles. The van der Waals surface area contributed by atoms with Crippen LogP contribution in [0.4, 0.5) is 0 Å². The first-order chi connectivity index (χ1) is 9.93. The van der Waals surface area contributed by atoms with Gasteiger partial charge in [0.1, 0.15) is 0 Å². The minimum absolute atomic E-state index is 0.416. The summed E-state index contributed by atoms with van der Waals surface area (Å²) in [5.41, 5.74) is 4.13. The molecule has 0 aliphatic rings. The van der Waals surface area contributed by atoms with Crippen molar-refractivity contribution in [3.05, 3.63) is 96.6 Å². The Morgan fingerprint density at radius 2 is 0.900 bits per heavy atom. The average Bonchev–Trinajstić information content (AvgIpc) is 2.55. The summed E-state index contributed by atoms with van der Waals surface area (Å²) < 4.78 is 0. The molecule has 20 heavy (non-hydrogen) atoms. The van der Waals surface area contributed by atoms with Crippen LogP contribution < -0.4 is 10.9 Å². The van der Waals surface area contributed by atoms with E-state index < -0.39 is 0 Å². The van der Waals surface area contributed by atoms with Crippen molar-refractivity contribution < 1.29 is 0 Å². The topological polar surface area (TPSA) is 0 Å². The standard InChI is InChI=1S/C19H17B/c1-4-10-17(11-5-1)16-20(18-12-6-2-7-13-18)19-14-8-3-9-15-19/h1-15H,16H2/q-1. The normalized spacial score (nSPS) is 10.7. The quantitative estimate of drug-likeness (QED) is 0.629. The van der Waals surface area contributed by atoms with Crippen LogP contribution in [0.5, 0.6) is 0 Å². The van der Waals surface area contributed by atoms with Crippen molar-refractivity contribution in [3.63, 3.8) is 0 Å². The van der Waals surface area contributed by atoms with Crippen LogP contribution in [0, 0.1) is 0 Å². The van der Waals surface area contributed by atoms with Crippen LogP contribution in [0.25, 0.3) is 0 Å². The van der Waals surface area contributed by atoms with E-state index in [0.717, 1.165) is 6.32 Å². The van der Waals surface area contributed by atoms with Gasteiger partial charge in [-0.15, -0.1) is 24.3 Å². The SMILES string of the molecule is c1ccc(C[B-](c2ccccc2)c2ccccc2)cc1. The Bertz CT molecular complexity index is 593. The van der Waals surface area contributed by atoms with Gasteiger partial charge in [-0.3, -0.25) is 0 Å². The lowest BCUT2D eigenvalue weighted by Crippen LogP contribution is -2.44. The highest BCUT2D eigenvalue weighted by Gasteiger charge is 2.03. The monoisotopic (exact) mass is 256 g/mol. The molecule has 0 bridgehead atoms. The third-order valence-electron chi connectivity index (χ3n) is 3.69. The van der Waals surface area contributed by atoms with Crippen LogP contribution in [-0.2, 0) is 6.32 Å². The second-order valence-corrected chi connectivity index (χ2v) is 5.06. The van der Waals surface area contributed by atoms with E-state index in [4.69, 9.17) is 0 Å². The molecule has 0 amide bonds. The van der Waals surface area contributed by atoms with Crippen molar-refractivity contribution in [2.45, 2.75) is 6.32 Å². The molecule has 0 aliphatic carbocycles. The fourth-order valence-corrected chi connectivity index (χ4v) is 2.65. The van der Waals surface area contributed by atoms with Crippen molar-refractivity contribution in [2.75, 3.05) is 0 Å². The lowest BCUT2D eigenvalue weighted by atomic mass is 9.38. The van der Waals surface area contributed by atoms with Crippen molar-refractivity contribution in [1.82, 2.24) is 0 Å². The third kappa shape index (κ3) is 3.00. The van der Waals surface area contributed by atoms with E-state index in [0.29, 0.717) is 6.71 Å². The molecular formula is C19H17B-. The van der Waals surface area contributed by atoms with Crippen LogP contribution in [0.15, 0.2) is 91.0 Å². The van der Waals surface area contributed by atoms with Gasteiger partial charge in [-0.2, -0.15) is 6.32 Å². The summed E-state index contributed by atoms with van der Waals surface area (Å²) in [7, 11) is 0. The molecule has 0 nitrogen and oxygen atoms in total. The zero-order valence-corrected chi connectivity index (χ0v) is 11.4. The molecule has 0 unspecified atom stereocenters. The Morgan fingerprint density at radius 3 is 1.35 bits per heavy atom. The molecule has 0 fully saturated rings. The van der Waals surface area contributed by atoms with Gasteiger partial charge >= 0.3 is 0 Å². The summed E-state index contributed by atoms with van der Waals surface area (Å²) >= 11 is 0. The van der Waals surface area contributed by atoms with Crippen molar-refractivity contribution in [1.29, 1.82) is 0 Å². The fraction of sp³-hybridized carbons (Fsp3) is 0.0526. The molecular weight excluding hydrogens is 239 g/mol. The molecule has 1 radical (unpaired) electrons. The summed E-state index contributed by atoms with van der Waals surface area (Å²) in [6, 6.07) is 32.2. The summed E-state index contributed by atoms with van der Waals surface area (Å²) in [4.78, 5) is 0. The highest BCUT2D eigenvalue weighted by molar-refractivity contribution is 6.84. The minimum Gasteiger partial charge on any atom is -0.238 e. The molecule has 97 valence electrons. The summed E-state index contributed by atoms with van der Waals surface area (Å²) in [5, 5.41) is 0. The fourth-order valence-electron chi connectivity index (χ4n) is 2.65. The molecule has 0 heterocycles. The molecule has 0 atom stereocenters. The van der Waals surface area contributed by atoms with Crippen LogP contribution in [-0.4, -0.2) is 6.71 Å². The molecule has 1 heteroatoms. The number of rotatable bonds is 4. The van der Waals surface area contributed by atoms with Gasteiger partial charge in [-0.25, -0.2) is 10.9 Å². The third-order valence-corrected chi connectivity index (χ3v) is 3.69. The maximum Gasteiger partial charge on any atom is -0.0609 e. The molecule has 3 aromatic carbocycles. The first kappa shape index (κ1) is 12.7. The van der Waals surface area contributed by atoms with E-state index in [-0.39, 0.29) is 0 Å². The van der Waals surface area contributed by atoms with Gasteiger partial charge in [-0.1, -0.05) is 79.0 Å². The maximum absolute atomic E-state index is 2.22. The van der Waals surface area contributed by atoms with Gasteiger partial charge in [0.25, 0.3) is 0 Å². The Labute approximate surface area is 121 Å². The van der Waals surface area contributed by atoms with Gasteiger partial charge in [0, 0.05) is 0 Å². The highest BCUT2D eigenvalue weighted by Crippen LogP contribution is 2.04. The van der Waals surface area contributed by atoms with E-state index >= 15 is 0 Å². The van der Waals surface area contributed by atoms with E-state index in [9.17, 15) is 0 Å². The Kier molecular flexibility index (Phi) is 3.98. The largest absolute Gasteiger partial charge is 0.238 e. The van der Waals surface area contributed by atoms with E-state index in [1.54, 1.807) is 0 Å². The maximum atomic E-state index is 2.22. The van der Waals surface area contributed by atoms with Crippen LogP contribution in [0.1, 0.15) is 5.56 Å². The number of hydrogen-bond acceptors (Lipinski definition) is 0. The second-order valence-electron chi connectivity index (χ2n) is 5.06. The lowest BCUT2D eigenvalue weighted by Gasteiger charge is -2.29. The average molecular weight is 256 g/mol. The molecule has 0 spiro atoms. The predicted molar refractivity (Wildman–Crippen MR) is 88.1 cm³/mol. The van der Waals surface area contributed by atoms with E-state index in [2.05, 4.69) is 91.0 Å². The van der Waals surface area contributed by atoms with Gasteiger partial charge < -0.3 is 0 Å². The van der Waals surface area contributed by atoms with Crippen molar-refractivity contribution >= 4 is 17.6 Å². The zero-order chi connectivity index (χ0) is 13.6. The van der Waals surface area contributed by atoms with Gasteiger partial charge in [-0.05, 0) is 0 Å². The summed E-state index contributed by atoms with van der Waals surface area (Å²) in [5.74, 6) is 0. The second kappa shape index (κ2) is 6.25. The van der Waals surface area contributed by atoms with Gasteiger partial charge in [0.2, 0.25) is 0 Å². The lowest BCUT2D eigenvalue weighted by molar-refractivity contribution is 1.37. The zero-order valence-electron chi connectivity index (χ0n) is 11.4. The highest BCUT2D eigenvalue weighted by atomic mass is 14.0. The molecule has 0 aromatic heterocycles. The summed E-state index contributed by atoms with van der Waals surface area (Å²) in [6.45, 7) is 0.416. The Balaban J connectivity index is 1.96. The smallest absolute Gasteiger partial charge is 0.0609 e. The first-order valence-electron chi connectivity index (χ1n) is 7.07. The van der Waals surface area contributed by atoms with Gasteiger partial charge in [0.05, 0.1) is 0 Å². The van der Waals surface area contributed by atoms with Crippen LogP contribution in [0.3, 0.4) is 0 Å². The molecule has 0 N–H and O–H groups in total. The van der Waals surface area contributed by atoms with Crippen molar-refractivity contribution in [3.8, 4) is 0 Å². The number of hydrogen-bond donors (Lipinski definition) is 0. The van der Waals surface area contributed by atoms with E-state index in [1.807, 2.05) is 0 Å².